The molecule has 0 aliphatic carbocycles. The maximum Gasteiger partial charge on any atom is 0.0730 e. The van der Waals surface area contributed by atoms with Crippen LogP contribution >= 0.6 is 0 Å². The predicted octanol–water partition coefficient (Wildman–Crippen LogP) is 2.76. The molecule has 106 valence electrons. The van der Waals surface area contributed by atoms with Crippen molar-refractivity contribution in [2.45, 2.75) is 64.1 Å². The highest BCUT2D eigenvalue weighted by atomic mass is 16.5. The fourth-order valence-corrected chi connectivity index (χ4v) is 3.71. The maximum atomic E-state index is 10.9. The van der Waals surface area contributed by atoms with Crippen LogP contribution in [-0.4, -0.2) is 36.1 Å². The zero-order chi connectivity index (χ0) is 13.2. The minimum atomic E-state index is -0.533. The van der Waals surface area contributed by atoms with Crippen molar-refractivity contribution in [1.29, 1.82) is 0 Å². The molecule has 2 aliphatic heterocycles. The lowest BCUT2D eigenvalue weighted by atomic mass is 9.68. The highest BCUT2D eigenvalue weighted by Gasteiger charge is 2.46. The summed E-state index contributed by atoms with van der Waals surface area (Å²) in [6, 6.07) is 0. The van der Waals surface area contributed by atoms with Gasteiger partial charge in [0.2, 0.25) is 0 Å². The second-order valence-electron chi connectivity index (χ2n) is 6.33. The van der Waals surface area contributed by atoms with Crippen LogP contribution in [0.15, 0.2) is 0 Å². The van der Waals surface area contributed by atoms with Gasteiger partial charge in [0.25, 0.3) is 0 Å². The summed E-state index contributed by atoms with van der Waals surface area (Å²) < 4.78 is 11.5. The van der Waals surface area contributed by atoms with Crippen molar-refractivity contribution in [3.8, 4) is 0 Å². The lowest BCUT2D eigenvalue weighted by molar-refractivity contribution is -0.183. The van der Waals surface area contributed by atoms with Gasteiger partial charge < -0.3 is 14.6 Å². The molecular weight excluding hydrogens is 228 g/mol. The minimum Gasteiger partial charge on any atom is -0.389 e. The van der Waals surface area contributed by atoms with E-state index in [1.54, 1.807) is 0 Å². The van der Waals surface area contributed by atoms with Crippen LogP contribution in [0.2, 0.25) is 0 Å². The van der Waals surface area contributed by atoms with E-state index < -0.39 is 5.60 Å². The highest BCUT2D eigenvalue weighted by molar-refractivity contribution is 4.97. The summed E-state index contributed by atoms with van der Waals surface area (Å²) in [5.74, 6) is 0.678. The van der Waals surface area contributed by atoms with Crippen molar-refractivity contribution in [3.63, 3.8) is 0 Å². The number of hydrogen-bond donors (Lipinski definition) is 1. The van der Waals surface area contributed by atoms with Crippen LogP contribution in [0, 0.1) is 11.8 Å². The van der Waals surface area contributed by atoms with E-state index in [1.165, 1.54) is 0 Å². The molecule has 0 bridgehead atoms. The Labute approximate surface area is 111 Å². The molecule has 3 heteroatoms. The van der Waals surface area contributed by atoms with Gasteiger partial charge >= 0.3 is 0 Å². The van der Waals surface area contributed by atoms with Crippen LogP contribution in [0.5, 0.6) is 0 Å². The van der Waals surface area contributed by atoms with Gasteiger partial charge in [-0.15, -0.1) is 0 Å². The van der Waals surface area contributed by atoms with Gasteiger partial charge in [0.1, 0.15) is 0 Å². The van der Waals surface area contributed by atoms with E-state index in [0.29, 0.717) is 11.8 Å². The number of rotatable bonds is 3. The van der Waals surface area contributed by atoms with Gasteiger partial charge in [-0.05, 0) is 43.9 Å². The second-order valence-corrected chi connectivity index (χ2v) is 6.33. The lowest BCUT2D eigenvalue weighted by Gasteiger charge is -2.49. The van der Waals surface area contributed by atoms with E-state index in [9.17, 15) is 5.11 Å². The molecule has 1 spiro atoms. The Balaban J connectivity index is 2.10. The summed E-state index contributed by atoms with van der Waals surface area (Å²) in [5.41, 5.74) is -0.547. The summed E-state index contributed by atoms with van der Waals surface area (Å²) in [4.78, 5) is 0. The molecule has 2 saturated heterocycles. The summed E-state index contributed by atoms with van der Waals surface area (Å²) in [5, 5.41) is 10.9. The summed E-state index contributed by atoms with van der Waals surface area (Å²) in [6.45, 7) is 8.77. The van der Waals surface area contributed by atoms with Gasteiger partial charge in [-0.3, -0.25) is 0 Å². The molecule has 3 nitrogen and oxygen atoms in total. The van der Waals surface area contributed by atoms with Gasteiger partial charge in [-0.2, -0.15) is 0 Å². The van der Waals surface area contributed by atoms with Crippen LogP contribution in [0.1, 0.15) is 52.9 Å². The zero-order valence-electron chi connectivity index (χ0n) is 12.1. The van der Waals surface area contributed by atoms with Gasteiger partial charge in [0.05, 0.1) is 11.2 Å². The van der Waals surface area contributed by atoms with Crippen LogP contribution in [-0.2, 0) is 9.47 Å². The minimum absolute atomic E-state index is 0.0147. The molecule has 2 atom stereocenters. The highest BCUT2D eigenvalue weighted by Crippen LogP contribution is 2.44. The average molecular weight is 256 g/mol. The maximum absolute atomic E-state index is 10.9. The molecule has 0 saturated carbocycles. The Morgan fingerprint density at radius 1 is 1.28 bits per heavy atom. The molecule has 0 amide bonds. The van der Waals surface area contributed by atoms with E-state index in [-0.39, 0.29) is 5.60 Å². The molecule has 2 rings (SSSR count). The van der Waals surface area contributed by atoms with E-state index in [2.05, 4.69) is 20.8 Å². The van der Waals surface area contributed by atoms with Gasteiger partial charge in [0, 0.05) is 19.8 Å². The van der Waals surface area contributed by atoms with Crippen molar-refractivity contribution in [3.05, 3.63) is 0 Å². The van der Waals surface area contributed by atoms with Crippen LogP contribution in [0.3, 0.4) is 0 Å². The summed E-state index contributed by atoms with van der Waals surface area (Å²) >= 11 is 0. The largest absolute Gasteiger partial charge is 0.389 e. The van der Waals surface area contributed by atoms with Crippen molar-refractivity contribution >= 4 is 0 Å². The third-order valence-electron chi connectivity index (χ3n) is 5.17. The molecule has 0 aromatic carbocycles. The van der Waals surface area contributed by atoms with Crippen molar-refractivity contribution in [2.75, 3.05) is 19.8 Å². The molecule has 1 N–H and O–H groups in total. The summed E-state index contributed by atoms with van der Waals surface area (Å²) in [7, 11) is 0. The normalized spacial score (nSPS) is 31.5. The predicted molar refractivity (Wildman–Crippen MR) is 71.5 cm³/mol. The fraction of sp³-hybridized carbons (Fsp3) is 1.00. The van der Waals surface area contributed by atoms with E-state index >= 15 is 0 Å². The summed E-state index contributed by atoms with van der Waals surface area (Å²) in [6.07, 6.45) is 4.80. The van der Waals surface area contributed by atoms with E-state index in [1.807, 2.05) is 0 Å². The standard InChI is InChI=1S/C15H28O3/c1-4-15(16,12(2)3)13-5-8-18-14(11-13)6-9-17-10-7-14/h12-13,16H,4-11H2,1-3H3. The first-order chi connectivity index (χ1) is 8.52. The molecule has 18 heavy (non-hydrogen) atoms. The van der Waals surface area contributed by atoms with E-state index in [0.717, 1.165) is 51.9 Å². The Morgan fingerprint density at radius 3 is 2.50 bits per heavy atom. The lowest BCUT2D eigenvalue weighted by Crippen LogP contribution is -2.52. The van der Waals surface area contributed by atoms with Gasteiger partial charge in [0.15, 0.2) is 0 Å². The number of hydrogen-bond acceptors (Lipinski definition) is 3. The fourth-order valence-electron chi connectivity index (χ4n) is 3.71. The van der Waals surface area contributed by atoms with Gasteiger partial charge in [-0.25, -0.2) is 0 Å². The van der Waals surface area contributed by atoms with E-state index in [4.69, 9.17) is 9.47 Å². The Hall–Kier alpha value is -0.120. The van der Waals surface area contributed by atoms with Crippen LogP contribution < -0.4 is 0 Å². The monoisotopic (exact) mass is 256 g/mol. The first-order valence-corrected chi connectivity index (χ1v) is 7.46. The third-order valence-corrected chi connectivity index (χ3v) is 5.17. The molecule has 2 fully saturated rings. The molecular formula is C15H28O3. The molecule has 2 heterocycles. The van der Waals surface area contributed by atoms with Crippen molar-refractivity contribution in [2.24, 2.45) is 11.8 Å². The topological polar surface area (TPSA) is 38.7 Å². The number of ether oxygens (including phenoxy) is 2. The first kappa shape index (κ1) is 14.3. The third kappa shape index (κ3) is 2.59. The number of aliphatic hydroxyl groups is 1. The molecule has 0 aromatic rings. The SMILES string of the molecule is CCC(O)(C(C)C)C1CCOC2(CCOCC2)C1. The van der Waals surface area contributed by atoms with Crippen LogP contribution in [0.25, 0.3) is 0 Å². The van der Waals surface area contributed by atoms with Crippen molar-refractivity contribution in [1.82, 2.24) is 0 Å². The smallest absolute Gasteiger partial charge is 0.0730 e. The zero-order valence-corrected chi connectivity index (χ0v) is 12.1. The molecule has 0 aromatic heterocycles. The Morgan fingerprint density at radius 2 is 1.94 bits per heavy atom. The quantitative estimate of drug-likeness (QED) is 0.844. The molecule has 0 radical (unpaired) electrons. The molecule has 2 unspecified atom stereocenters. The van der Waals surface area contributed by atoms with Gasteiger partial charge in [-0.1, -0.05) is 20.8 Å². The van der Waals surface area contributed by atoms with Crippen molar-refractivity contribution < 1.29 is 14.6 Å². The molecule has 2 aliphatic rings. The van der Waals surface area contributed by atoms with Crippen LogP contribution in [0.4, 0.5) is 0 Å². The first-order valence-electron chi connectivity index (χ1n) is 7.46. The average Bonchev–Trinajstić information content (AvgIpc) is 2.38. The Kier molecular flexibility index (Phi) is 4.35. The second kappa shape index (κ2) is 5.48. The Bertz CT molecular complexity index is 265.